The van der Waals surface area contributed by atoms with Gasteiger partial charge in [0.05, 0.1) is 6.61 Å². The van der Waals surface area contributed by atoms with Gasteiger partial charge >= 0.3 is 0 Å². The summed E-state index contributed by atoms with van der Waals surface area (Å²) in [6, 6.07) is 0. The Morgan fingerprint density at radius 1 is 1.41 bits per heavy atom. The van der Waals surface area contributed by atoms with E-state index in [2.05, 4.69) is 29.4 Å². The van der Waals surface area contributed by atoms with Crippen LogP contribution in [0.5, 0.6) is 0 Å². The number of ether oxygens (including phenoxy) is 1. The van der Waals surface area contributed by atoms with Crippen molar-refractivity contribution in [2.24, 2.45) is 5.41 Å². The summed E-state index contributed by atoms with van der Waals surface area (Å²) < 4.78 is 5.31. The molecule has 0 unspecified atom stereocenters. The van der Waals surface area contributed by atoms with Gasteiger partial charge in [-0.2, -0.15) is 0 Å². The lowest BCUT2D eigenvalue weighted by molar-refractivity contribution is 0.0283. The van der Waals surface area contributed by atoms with Gasteiger partial charge in [0.25, 0.3) is 0 Å². The summed E-state index contributed by atoms with van der Waals surface area (Å²) in [7, 11) is 1.78. The molecule has 0 saturated heterocycles. The predicted octanol–water partition coefficient (Wildman–Crippen LogP) is 2.89. The second-order valence-corrected chi connectivity index (χ2v) is 6.25. The van der Waals surface area contributed by atoms with E-state index in [1.54, 1.807) is 18.4 Å². The molecule has 1 heterocycles. The molecule has 1 aromatic rings. The van der Waals surface area contributed by atoms with Crippen LogP contribution >= 0.6 is 11.3 Å². The van der Waals surface area contributed by atoms with Gasteiger partial charge in [-0.1, -0.05) is 31.6 Å². The number of hydrogen-bond donors (Lipinski definition) is 1. The summed E-state index contributed by atoms with van der Waals surface area (Å²) >= 11 is 1.66. The summed E-state index contributed by atoms with van der Waals surface area (Å²) in [5, 5.41) is 13.8. The van der Waals surface area contributed by atoms with E-state index in [0.29, 0.717) is 11.3 Å². The van der Waals surface area contributed by atoms with Crippen LogP contribution in [-0.2, 0) is 4.74 Å². The number of rotatable bonds is 6. The van der Waals surface area contributed by atoms with Crippen molar-refractivity contribution in [2.45, 2.75) is 39.0 Å². The number of aromatic nitrogens is 2. The Balaban J connectivity index is 1.88. The third-order valence-corrected chi connectivity index (χ3v) is 4.60. The van der Waals surface area contributed by atoms with E-state index in [0.717, 1.165) is 23.3 Å². The Bertz CT molecular complexity index is 360. The number of methoxy groups -OCH3 is 1. The molecule has 0 bridgehead atoms. The lowest BCUT2D eigenvalue weighted by Gasteiger charge is -2.41. The number of anilines is 1. The van der Waals surface area contributed by atoms with Crippen molar-refractivity contribution in [2.75, 3.05) is 25.6 Å². The monoisotopic (exact) mass is 255 g/mol. The topological polar surface area (TPSA) is 47.0 Å². The molecule has 0 aromatic carbocycles. The zero-order valence-corrected chi connectivity index (χ0v) is 11.6. The van der Waals surface area contributed by atoms with E-state index in [1.807, 2.05) is 0 Å². The number of nitrogens with one attached hydrogen (secondary N) is 1. The highest BCUT2D eigenvalue weighted by Gasteiger charge is 2.36. The first-order chi connectivity index (χ1) is 8.15. The molecule has 1 N–H and O–H groups in total. The van der Waals surface area contributed by atoms with Crippen molar-refractivity contribution in [1.82, 2.24) is 10.2 Å². The maximum absolute atomic E-state index is 5.31. The van der Waals surface area contributed by atoms with Gasteiger partial charge in [0.1, 0.15) is 5.01 Å². The highest BCUT2D eigenvalue weighted by atomic mass is 32.1. The molecule has 4 nitrogen and oxygen atoms in total. The maximum Gasteiger partial charge on any atom is 0.205 e. The molecular formula is C12H21N3OS. The fourth-order valence-corrected chi connectivity index (χ4v) is 2.90. The Morgan fingerprint density at radius 3 is 2.65 bits per heavy atom. The van der Waals surface area contributed by atoms with Gasteiger partial charge in [-0.05, 0) is 12.8 Å². The van der Waals surface area contributed by atoms with E-state index in [1.165, 1.54) is 19.3 Å². The van der Waals surface area contributed by atoms with Crippen molar-refractivity contribution in [3.05, 3.63) is 5.01 Å². The van der Waals surface area contributed by atoms with Gasteiger partial charge in [-0.15, -0.1) is 10.2 Å². The van der Waals surface area contributed by atoms with Gasteiger partial charge in [0, 0.05) is 25.0 Å². The largest absolute Gasteiger partial charge is 0.384 e. The fourth-order valence-electron chi connectivity index (χ4n) is 2.16. The van der Waals surface area contributed by atoms with Crippen LogP contribution in [0.25, 0.3) is 0 Å². The molecule has 1 aromatic heterocycles. The highest BCUT2D eigenvalue weighted by molar-refractivity contribution is 7.15. The highest BCUT2D eigenvalue weighted by Crippen LogP contribution is 2.41. The molecule has 0 spiro atoms. The van der Waals surface area contributed by atoms with Crippen molar-refractivity contribution >= 4 is 16.5 Å². The lowest BCUT2D eigenvalue weighted by Crippen LogP contribution is -2.40. The zero-order valence-electron chi connectivity index (χ0n) is 10.8. The Hall–Kier alpha value is -0.680. The summed E-state index contributed by atoms with van der Waals surface area (Å²) in [4.78, 5) is 0. The zero-order chi connectivity index (χ0) is 12.3. The average molecular weight is 255 g/mol. The van der Waals surface area contributed by atoms with E-state index in [-0.39, 0.29) is 0 Å². The van der Waals surface area contributed by atoms with Crippen molar-refractivity contribution in [1.29, 1.82) is 0 Å². The molecule has 0 amide bonds. The average Bonchev–Trinajstić information content (AvgIpc) is 2.70. The first-order valence-corrected chi connectivity index (χ1v) is 7.03. The Labute approximate surface area is 107 Å². The normalized spacial score (nSPS) is 18.1. The van der Waals surface area contributed by atoms with E-state index >= 15 is 0 Å². The molecule has 1 aliphatic carbocycles. The van der Waals surface area contributed by atoms with Crippen LogP contribution in [-0.4, -0.2) is 30.5 Å². The molecule has 0 atom stereocenters. The van der Waals surface area contributed by atoms with Crippen LogP contribution in [0.15, 0.2) is 0 Å². The number of hydrogen-bond acceptors (Lipinski definition) is 5. The van der Waals surface area contributed by atoms with Crippen LogP contribution in [0, 0.1) is 5.41 Å². The van der Waals surface area contributed by atoms with Gasteiger partial charge in [0.15, 0.2) is 0 Å². The van der Waals surface area contributed by atoms with E-state index in [9.17, 15) is 0 Å². The second kappa shape index (κ2) is 5.31. The molecular weight excluding hydrogens is 234 g/mol. The molecule has 1 saturated carbocycles. The predicted molar refractivity (Wildman–Crippen MR) is 70.6 cm³/mol. The van der Waals surface area contributed by atoms with Gasteiger partial charge < -0.3 is 10.1 Å². The van der Waals surface area contributed by atoms with Crippen LogP contribution in [0.4, 0.5) is 5.13 Å². The summed E-state index contributed by atoms with van der Waals surface area (Å²) in [5.41, 5.74) is 0.332. The number of nitrogens with zero attached hydrogens (tertiary/aromatic N) is 2. The quantitative estimate of drug-likeness (QED) is 0.849. The van der Waals surface area contributed by atoms with Crippen LogP contribution < -0.4 is 5.32 Å². The van der Waals surface area contributed by atoms with Crippen LogP contribution in [0.2, 0.25) is 0 Å². The molecule has 96 valence electrons. The Kier molecular flexibility index (Phi) is 3.99. The van der Waals surface area contributed by atoms with Crippen LogP contribution in [0.3, 0.4) is 0 Å². The molecule has 1 aliphatic rings. The molecule has 1 fully saturated rings. The van der Waals surface area contributed by atoms with Gasteiger partial charge in [-0.3, -0.25) is 0 Å². The minimum atomic E-state index is 0.332. The minimum absolute atomic E-state index is 0.332. The molecule has 17 heavy (non-hydrogen) atoms. The molecule has 0 aliphatic heterocycles. The van der Waals surface area contributed by atoms with Crippen LogP contribution in [0.1, 0.15) is 44.0 Å². The SMILES string of the molecule is COCC1(CNc2nnc(C(C)C)s2)CCC1. The van der Waals surface area contributed by atoms with Crippen molar-refractivity contribution < 1.29 is 4.74 Å². The molecule has 2 rings (SSSR count). The lowest BCUT2D eigenvalue weighted by atomic mass is 9.69. The third-order valence-electron chi connectivity index (χ3n) is 3.41. The minimum Gasteiger partial charge on any atom is -0.384 e. The van der Waals surface area contributed by atoms with Gasteiger partial charge in [-0.25, -0.2) is 0 Å². The summed E-state index contributed by atoms with van der Waals surface area (Å²) in [5.74, 6) is 0.458. The fraction of sp³-hybridized carbons (Fsp3) is 0.833. The smallest absolute Gasteiger partial charge is 0.205 e. The Morgan fingerprint density at radius 2 is 2.18 bits per heavy atom. The van der Waals surface area contributed by atoms with E-state index < -0.39 is 0 Å². The van der Waals surface area contributed by atoms with Crippen molar-refractivity contribution in [3.8, 4) is 0 Å². The van der Waals surface area contributed by atoms with Gasteiger partial charge in [0.2, 0.25) is 5.13 Å². The first-order valence-electron chi connectivity index (χ1n) is 6.21. The third kappa shape index (κ3) is 2.96. The summed E-state index contributed by atoms with van der Waals surface area (Å²) in [6.07, 6.45) is 3.83. The van der Waals surface area contributed by atoms with Crippen molar-refractivity contribution in [3.63, 3.8) is 0 Å². The first kappa shape index (κ1) is 12.8. The standard InChI is InChI=1S/C12H21N3OS/c1-9(2)10-14-15-11(17-10)13-7-12(8-16-3)5-4-6-12/h9H,4-8H2,1-3H3,(H,13,15). The van der Waals surface area contributed by atoms with E-state index in [4.69, 9.17) is 4.74 Å². The summed E-state index contributed by atoms with van der Waals surface area (Å²) in [6.45, 7) is 6.08. The maximum atomic E-state index is 5.31. The molecule has 0 radical (unpaired) electrons. The molecule has 5 heteroatoms. The second-order valence-electron chi connectivity index (χ2n) is 5.24.